The second kappa shape index (κ2) is 8.10. The SMILES string of the molecule is C=C(CC(=O)O)C(=O)O.O=C(O)c1ccccc1C(=O)O. The second-order valence-electron chi connectivity index (χ2n) is 3.64. The normalized spacial score (nSPS) is 8.95. The third-order valence-corrected chi connectivity index (χ3v) is 2.05. The van der Waals surface area contributed by atoms with Gasteiger partial charge < -0.3 is 20.4 Å². The number of rotatable bonds is 5. The lowest BCUT2D eigenvalue weighted by Crippen LogP contribution is -2.06. The van der Waals surface area contributed by atoms with Crippen LogP contribution >= 0.6 is 0 Å². The molecule has 0 bridgehead atoms. The van der Waals surface area contributed by atoms with E-state index in [9.17, 15) is 19.2 Å². The Morgan fingerprint density at radius 3 is 1.43 bits per heavy atom. The third-order valence-electron chi connectivity index (χ3n) is 2.05. The molecule has 0 aromatic heterocycles. The minimum Gasteiger partial charge on any atom is -0.481 e. The molecular weight excluding hydrogens is 284 g/mol. The summed E-state index contributed by atoms with van der Waals surface area (Å²) < 4.78 is 0. The molecule has 0 unspecified atom stereocenters. The number of carboxylic acid groups (broad SMARTS) is 4. The summed E-state index contributed by atoms with van der Waals surface area (Å²) in [5.74, 6) is -4.90. The van der Waals surface area contributed by atoms with Gasteiger partial charge in [0.25, 0.3) is 0 Å². The Morgan fingerprint density at radius 1 is 0.857 bits per heavy atom. The molecule has 0 saturated heterocycles. The van der Waals surface area contributed by atoms with Crippen molar-refractivity contribution in [2.75, 3.05) is 0 Å². The summed E-state index contributed by atoms with van der Waals surface area (Å²) in [6.07, 6.45) is -0.505. The first kappa shape index (κ1) is 17.8. The predicted octanol–water partition coefficient (Wildman–Crippen LogP) is 1.18. The van der Waals surface area contributed by atoms with Crippen molar-refractivity contribution >= 4 is 23.9 Å². The number of hydrogen-bond donors (Lipinski definition) is 4. The summed E-state index contributed by atoms with van der Waals surface area (Å²) in [6, 6.07) is 5.48. The van der Waals surface area contributed by atoms with Gasteiger partial charge in [0.15, 0.2) is 0 Å². The van der Waals surface area contributed by atoms with Crippen molar-refractivity contribution < 1.29 is 39.6 Å². The molecule has 0 atom stereocenters. The molecule has 0 radical (unpaired) electrons. The van der Waals surface area contributed by atoms with E-state index in [0.29, 0.717) is 0 Å². The van der Waals surface area contributed by atoms with E-state index in [0.717, 1.165) is 0 Å². The van der Waals surface area contributed by atoms with Crippen LogP contribution in [-0.4, -0.2) is 44.3 Å². The standard InChI is InChI=1S/C8H6O4.C5H6O4/c9-7(10)5-3-1-2-4-6(5)8(11)12;1-3(5(8)9)2-4(6)7/h1-4H,(H,9,10)(H,11,12);1-2H2,(H,6,7)(H,8,9). The van der Waals surface area contributed by atoms with E-state index in [4.69, 9.17) is 20.4 Å². The highest BCUT2D eigenvalue weighted by atomic mass is 16.4. The van der Waals surface area contributed by atoms with Crippen molar-refractivity contribution in [1.29, 1.82) is 0 Å². The quantitative estimate of drug-likeness (QED) is 0.592. The van der Waals surface area contributed by atoms with Crippen molar-refractivity contribution in [2.45, 2.75) is 6.42 Å². The van der Waals surface area contributed by atoms with E-state index in [1.807, 2.05) is 0 Å². The van der Waals surface area contributed by atoms with Crippen LogP contribution in [-0.2, 0) is 9.59 Å². The predicted molar refractivity (Wildman–Crippen MR) is 69.4 cm³/mol. The van der Waals surface area contributed by atoms with Gasteiger partial charge in [-0.15, -0.1) is 0 Å². The van der Waals surface area contributed by atoms with Crippen LogP contribution in [0, 0.1) is 0 Å². The monoisotopic (exact) mass is 296 g/mol. The zero-order chi connectivity index (χ0) is 16.6. The number of benzene rings is 1. The average molecular weight is 296 g/mol. The molecule has 0 aliphatic heterocycles. The van der Waals surface area contributed by atoms with Gasteiger partial charge >= 0.3 is 23.9 Å². The van der Waals surface area contributed by atoms with Crippen molar-refractivity contribution in [3.8, 4) is 0 Å². The lowest BCUT2D eigenvalue weighted by Gasteiger charge is -1.98. The number of carbonyl (C=O) groups is 4. The molecule has 8 heteroatoms. The number of aromatic carboxylic acids is 2. The fourth-order valence-corrected chi connectivity index (χ4v) is 1.11. The molecule has 8 nitrogen and oxygen atoms in total. The van der Waals surface area contributed by atoms with Gasteiger partial charge in [-0.3, -0.25) is 4.79 Å². The van der Waals surface area contributed by atoms with Crippen molar-refractivity contribution in [2.24, 2.45) is 0 Å². The zero-order valence-corrected chi connectivity index (χ0v) is 10.6. The highest BCUT2D eigenvalue weighted by Crippen LogP contribution is 2.07. The van der Waals surface area contributed by atoms with E-state index >= 15 is 0 Å². The second-order valence-corrected chi connectivity index (χ2v) is 3.64. The van der Waals surface area contributed by atoms with Crippen LogP contribution in [0.15, 0.2) is 36.4 Å². The van der Waals surface area contributed by atoms with Gasteiger partial charge in [0.1, 0.15) is 0 Å². The molecule has 1 aromatic rings. The van der Waals surface area contributed by atoms with Crippen LogP contribution in [0.4, 0.5) is 0 Å². The Balaban J connectivity index is 0.000000400. The van der Waals surface area contributed by atoms with Gasteiger partial charge in [0.05, 0.1) is 17.5 Å². The van der Waals surface area contributed by atoms with E-state index in [1.54, 1.807) is 0 Å². The fraction of sp³-hybridized carbons (Fsp3) is 0.0769. The minimum atomic E-state index is -1.27. The summed E-state index contributed by atoms with van der Waals surface area (Å²) in [5, 5.41) is 33.2. The van der Waals surface area contributed by atoms with Crippen molar-refractivity contribution in [1.82, 2.24) is 0 Å². The van der Waals surface area contributed by atoms with Crippen molar-refractivity contribution in [3.05, 3.63) is 47.5 Å². The Labute approximate surface area is 118 Å². The Kier molecular flexibility index (Phi) is 6.88. The van der Waals surface area contributed by atoms with E-state index in [1.165, 1.54) is 24.3 Å². The summed E-state index contributed by atoms with van der Waals surface area (Å²) in [4.78, 5) is 40.6. The number of aliphatic carboxylic acids is 2. The first-order chi connectivity index (χ1) is 9.66. The smallest absolute Gasteiger partial charge is 0.336 e. The van der Waals surface area contributed by atoms with Crippen LogP contribution in [0.25, 0.3) is 0 Å². The molecule has 21 heavy (non-hydrogen) atoms. The van der Waals surface area contributed by atoms with Crippen LogP contribution < -0.4 is 0 Å². The van der Waals surface area contributed by atoms with Crippen LogP contribution in [0.1, 0.15) is 27.1 Å². The molecule has 0 spiro atoms. The lowest BCUT2D eigenvalue weighted by molar-refractivity contribution is -0.139. The first-order valence-electron chi connectivity index (χ1n) is 5.35. The zero-order valence-electron chi connectivity index (χ0n) is 10.6. The van der Waals surface area contributed by atoms with Crippen LogP contribution in [0.5, 0.6) is 0 Å². The molecule has 112 valence electrons. The maximum Gasteiger partial charge on any atom is 0.336 e. The fourth-order valence-electron chi connectivity index (χ4n) is 1.11. The summed E-state index contributed by atoms with van der Waals surface area (Å²) >= 11 is 0. The van der Waals surface area contributed by atoms with E-state index < -0.39 is 30.3 Å². The Morgan fingerprint density at radius 2 is 1.24 bits per heavy atom. The molecule has 0 saturated carbocycles. The molecular formula is C13H12O8. The topological polar surface area (TPSA) is 149 Å². The van der Waals surface area contributed by atoms with Gasteiger partial charge in [0, 0.05) is 5.57 Å². The van der Waals surface area contributed by atoms with Crippen LogP contribution in [0.2, 0.25) is 0 Å². The highest BCUT2D eigenvalue weighted by Gasteiger charge is 2.13. The molecule has 1 aromatic carbocycles. The number of hydrogen-bond acceptors (Lipinski definition) is 4. The Hall–Kier alpha value is -3.16. The third kappa shape index (κ3) is 6.53. The molecule has 0 heterocycles. The van der Waals surface area contributed by atoms with Crippen molar-refractivity contribution in [3.63, 3.8) is 0 Å². The molecule has 0 amide bonds. The number of carboxylic acids is 4. The van der Waals surface area contributed by atoms with E-state index in [-0.39, 0.29) is 16.7 Å². The highest BCUT2D eigenvalue weighted by molar-refractivity contribution is 6.01. The molecule has 0 aliphatic rings. The summed E-state index contributed by atoms with van der Waals surface area (Å²) in [7, 11) is 0. The first-order valence-corrected chi connectivity index (χ1v) is 5.35. The molecule has 4 N–H and O–H groups in total. The van der Waals surface area contributed by atoms with Gasteiger partial charge in [-0.2, -0.15) is 0 Å². The average Bonchev–Trinajstić information content (AvgIpc) is 2.38. The maximum absolute atomic E-state index is 10.5. The van der Waals surface area contributed by atoms with Gasteiger partial charge in [-0.1, -0.05) is 18.7 Å². The van der Waals surface area contributed by atoms with Gasteiger partial charge in [-0.05, 0) is 12.1 Å². The minimum absolute atomic E-state index is 0.190. The molecule has 0 aliphatic carbocycles. The maximum atomic E-state index is 10.5. The van der Waals surface area contributed by atoms with Gasteiger partial charge in [-0.25, -0.2) is 14.4 Å². The molecule has 0 fully saturated rings. The largest absolute Gasteiger partial charge is 0.481 e. The lowest BCUT2D eigenvalue weighted by atomic mass is 10.1. The van der Waals surface area contributed by atoms with Gasteiger partial charge in [0.2, 0.25) is 0 Å². The summed E-state index contributed by atoms with van der Waals surface area (Å²) in [6.45, 7) is 3.01. The van der Waals surface area contributed by atoms with E-state index in [2.05, 4.69) is 6.58 Å². The Bertz CT molecular complexity index is 555. The molecule has 1 rings (SSSR count). The van der Waals surface area contributed by atoms with Crippen LogP contribution in [0.3, 0.4) is 0 Å². The summed E-state index contributed by atoms with van der Waals surface area (Å²) in [5.41, 5.74) is -0.683.